The molecule has 0 unspecified atom stereocenters. The molecule has 0 spiro atoms. The molecule has 3 heteroatoms. The Balaban J connectivity index is 1.78. The average molecular weight is 309 g/mol. The highest BCUT2D eigenvalue weighted by molar-refractivity contribution is 7.11. The number of hydrogen-bond donors (Lipinski definition) is 1. The molecule has 0 aromatic carbocycles. The summed E-state index contributed by atoms with van der Waals surface area (Å²) < 4.78 is 0. The standard InChI is InChI=1S/C18H32N2S/c1-14(2)15-8-10-20(11-9-15)13-17-7-6-16(21-17)12-19-18(3,4)5/h6-7,14-15,19H,8-13H2,1-5H3. The van der Waals surface area contributed by atoms with Crippen LogP contribution in [0.1, 0.15) is 57.2 Å². The summed E-state index contributed by atoms with van der Waals surface area (Å²) in [6.45, 7) is 16.1. The van der Waals surface area contributed by atoms with Gasteiger partial charge in [0.25, 0.3) is 0 Å². The highest BCUT2D eigenvalue weighted by atomic mass is 32.1. The molecule has 2 heterocycles. The fourth-order valence-electron chi connectivity index (χ4n) is 2.95. The van der Waals surface area contributed by atoms with Crippen LogP contribution in [0.15, 0.2) is 12.1 Å². The summed E-state index contributed by atoms with van der Waals surface area (Å²) in [4.78, 5) is 5.60. The van der Waals surface area contributed by atoms with Gasteiger partial charge < -0.3 is 5.32 Å². The molecule has 0 atom stereocenters. The van der Waals surface area contributed by atoms with Crippen LogP contribution < -0.4 is 5.32 Å². The summed E-state index contributed by atoms with van der Waals surface area (Å²) >= 11 is 1.97. The number of nitrogens with one attached hydrogen (secondary N) is 1. The lowest BCUT2D eigenvalue weighted by atomic mass is 9.87. The molecule has 0 bridgehead atoms. The molecule has 1 aromatic rings. The van der Waals surface area contributed by atoms with Crippen molar-refractivity contribution in [3.8, 4) is 0 Å². The number of piperidine rings is 1. The third kappa shape index (κ3) is 5.72. The molecule has 2 rings (SSSR count). The van der Waals surface area contributed by atoms with Crippen LogP contribution in [-0.2, 0) is 13.1 Å². The summed E-state index contributed by atoms with van der Waals surface area (Å²) in [6, 6.07) is 4.61. The molecule has 1 aliphatic heterocycles. The van der Waals surface area contributed by atoms with Crippen molar-refractivity contribution in [1.29, 1.82) is 0 Å². The zero-order chi connectivity index (χ0) is 15.5. The molecule has 120 valence electrons. The predicted octanol–water partition coefficient (Wildman–Crippen LogP) is 4.50. The van der Waals surface area contributed by atoms with Gasteiger partial charge in [-0.15, -0.1) is 11.3 Å². The zero-order valence-corrected chi connectivity index (χ0v) is 15.2. The minimum Gasteiger partial charge on any atom is -0.307 e. The fraction of sp³-hybridized carbons (Fsp3) is 0.778. The Hall–Kier alpha value is -0.380. The maximum atomic E-state index is 3.57. The molecule has 1 N–H and O–H groups in total. The van der Waals surface area contributed by atoms with Gasteiger partial charge in [-0.1, -0.05) is 13.8 Å². The Morgan fingerprint density at radius 1 is 1.19 bits per heavy atom. The van der Waals surface area contributed by atoms with Crippen molar-refractivity contribution < 1.29 is 0 Å². The third-order valence-electron chi connectivity index (χ3n) is 4.46. The van der Waals surface area contributed by atoms with Crippen molar-refractivity contribution >= 4 is 11.3 Å². The Bertz CT molecular complexity index is 423. The average Bonchev–Trinajstić information content (AvgIpc) is 2.84. The normalized spacial score (nSPS) is 18.6. The van der Waals surface area contributed by atoms with Crippen LogP contribution in [0, 0.1) is 11.8 Å². The van der Waals surface area contributed by atoms with Crippen LogP contribution in [0.5, 0.6) is 0 Å². The highest BCUT2D eigenvalue weighted by Gasteiger charge is 2.21. The smallest absolute Gasteiger partial charge is 0.0328 e. The molecule has 0 saturated carbocycles. The van der Waals surface area contributed by atoms with Crippen molar-refractivity contribution in [1.82, 2.24) is 10.2 Å². The first kappa shape index (κ1) is 17.0. The lowest BCUT2D eigenvalue weighted by molar-refractivity contribution is 0.153. The molecule has 0 amide bonds. The second-order valence-electron chi connectivity index (χ2n) is 7.83. The molecular formula is C18H32N2S. The summed E-state index contributed by atoms with van der Waals surface area (Å²) in [6.07, 6.45) is 2.75. The van der Waals surface area contributed by atoms with E-state index >= 15 is 0 Å². The van der Waals surface area contributed by atoms with E-state index in [2.05, 4.69) is 57.0 Å². The molecule has 0 aliphatic carbocycles. The second-order valence-corrected chi connectivity index (χ2v) is 9.08. The van der Waals surface area contributed by atoms with E-state index in [1.165, 1.54) is 35.7 Å². The number of rotatable bonds is 5. The lowest BCUT2D eigenvalue weighted by Crippen LogP contribution is -2.34. The van der Waals surface area contributed by atoms with Crippen LogP contribution >= 0.6 is 11.3 Å². The molecule has 1 aromatic heterocycles. The maximum Gasteiger partial charge on any atom is 0.0328 e. The first-order valence-corrected chi connectivity index (χ1v) is 9.20. The second kappa shape index (κ2) is 7.26. The van der Waals surface area contributed by atoms with E-state index in [0.29, 0.717) is 0 Å². The van der Waals surface area contributed by atoms with Crippen LogP contribution in [-0.4, -0.2) is 23.5 Å². The number of hydrogen-bond acceptors (Lipinski definition) is 3. The van der Waals surface area contributed by atoms with Gasteiger partial charge in [0, 0.05) is 28.4 Å². The first-order valence-electron chi connectivity index (χ1n) is 8.38. The van der Waals surface area contributed by atoms with E-state index in [1.807, 2.05) is 11.3 Å². The highest BCUT2D eigenvalue weighted by Crippen LogP contribution is 2.26. The molecular weight excluding hydrogens is 276 g/mol. The summed E-state index contributed by atoms with van der Waals surface area (Å²) in [5.41, 5.74) is 0.197. The van der Waals surface area contributed by atoms with Crippen LogP contribution in [0.2, 0.25) is 0 Å². The molecule has 2 nitrogen and oxygen atoms in total. The van der Waals surface area contributed by atoms with Crippen molar-refractivity contribution in [3.05, 3.63) is 21.9 Å². The molecule has 1 aliphatic rings. The van der Waals surface area contributed by atoms with Gasteiger partial charge in [-0.2, -0.15) is 0 Å². The largest absolute Gasteiger partial charge is 0.307 e. The Kier molecular flexibility index (Phi) is 5.87. The zero-order valence-electron chi connectivity index (χ0n) is 14.4. The van der Waals surface area contributed by atoms with E-state index in [9.17, 15) is 0 Å². The first-order chi connectivity index (χ1) is 9.83. The summed E-state index contributed by atoms with van der Waals surface area (Å²) in [7, 11) is 0. The van der Waals surface area contributed by atoms with Gasteiger partial charge in [0.1, 0.15) is 0 Å². The molecule has 21 heavy (non-hydrogen) atoms. The summed E-state index contributed by atoms with van der Waals surface area (Å²) in [5, 5.41) is 3.57. The van der Waals surface area contributed by atoms with Gasteiger partial charge in [-0.05, 0) is 70.7 Å². The number of thiophene rings is 1. The SMILES string of the molecule is CC(C)C1CCN(Cc2ccc(CNC(C)(C)C)s2)CC1. The fourth-order valence-corrected chi connectivity index (χ4v) is 3.95. The molecule has 1 saturated heterocycles. The predicted molar refractivity (Wildman–Crippen MR) is 93.8 cm³/mol. The number of likely N-dealkylation sites (tertiary alicyclic amines) is 1. The monoisotopic (exact) mass is 308 g/mol. The van der Waals surface area contributed by atoms with Gasteiger partial charge >= 0.3 is 0 Å². The van der Waals surface area contributed by atoms with Gasteiger partial charge in [-0.3, -0.25) is 4.90 Å². The lowest BCUT2D eigenvalue weighted by Gasteiger charge is -2.33. The van der Waals surface area contributed by atoms with E-state index in [4.69, 9.17) is 0 Å². The van der Waals surface area contributed by atoms with Gasteiger partial charge in [-0.25, -0.2) is 0 Å². The van der Waals surface area contributed by atoms with Gasteiger partial charge in [0.15, 0.2) is 0 Å². The third-order valence-corrected chi connectivity index (χ3v) is 5.53. The van der Waals surface area contributed by atoms with Crippen molar-refractivity contribution in [2.75, 3.05) is 13.1 Å². The molecule has 0 radical (unpaired) electrons. The number of nitrogens with zero attached hydrogens (tertiary/aromatic N) is 1. The molecule has 1 fully saturated rings. The van der Waals surface area contributed by atoms with Crippen molar-refractivity contribution in [2.45, 2.75) is 66.1 Å². The van der Waals surface area contributed by atoms with Gasteiger partial charge in [0.05, 0.1) is 0 Å². The topological polar surface area (TPSA) is 15.3 Å². The van der Waals surface area contributed by atoms with Crippen LogP contribution in [0.3, 0.4) is 0 Å². The maximum absolute atomic E-state index is 3.57. The van der Waals surface area contributed by atoms with Crippen molar-refractivity contribution in [2.24, 2.45) is 11.8 Å². The summed E-state index contributed by atoms with van der Waals surface area (Å²) in [5.74, 6) is 1.79. The van der Waals surface area contributed by atoms with Crippen LogP contribution in [0.4, 0.5) is 0 Å². The van der Waals surface area contributed by atoms with E-state index in [-0.39, 0.29) is 5.54 Å². The van der Waals surface area contributed by atoms with Gasteiger partial charge in [0.2, 0.25) is 0 Å². The van der Waals surface area contributed by atoms with E-state index in [1.54, 1.807) is 0 Å². The Labute approximate surface area is 134 Å². The Morgan fingerprint density at radius 3 is 2.38 bits per heavy atom. The van der Waals surface area contributed by atoms with Crippen molar-refractivity contribution in [3.63, 3.8) is 0 Å². The van der Waals surface area contributed by atoms with Crippen LogP contribution in [0.25, 0.3) is 0 Å². The Morgan fingerprint density at radius 2 is 1.81 bits per heavy atom. The van der Waals surface area contributed by atoms with E-state index < -0.39 is 0 Å². The minimum atomic E-state index is 0.197. The van der Waals surface area contributed by atoms with E-state index in [0.717, 1.165) is 24.9 Å². The quantitative estimate of drug-likeness (QED) is 0.861. The minimum absolute atomic E-state index is 0.197.